The summed E-state index contributed by atoms with van der Waals surface area (Å²) in [6.45, 7) is 1.86. The predicted molar refractivity (Wildman–Crippen MR) is 310 cm³/mol. The summed E-state index contributed by atoms with van der Waals surface area (Å²) in [5.41, 5.74) is 5.69. The molecule has 8 heterocycles. The van der Waals surface area contributed by atoms with E-state index in [1.54, 1.807) is 23.1 Å². The lowest BCUT2D eigenvalue weighted by molar-refractivity contribution is -0.168. The van der Waals surface area contributed by atoms with Crippen LogP contribution in [0, 0.1) is 52.2 Å². The molecule has 0 saturated heterocycles. The number of aliphatic imine (C=N–C) groups is 1. The third-order valence-corrected chi connectivity index (χ3v) is 17.2. The molecule has 4 aliphatic heterocycles. The molecule has 1 fully saturated rings. The largest absolute Gasteiger partial charge is 0.405 e. The van der Waals surface area contributed by atoms with Gasteiger partial charge in [-0.3, -0.25) is 8.80 Å². The van der Waals surface area contributed by atoms with Crippen molar-refractivity contribution in [3.63, 3.8) is 0 Å². The molecule has 10 aromatic rings. The van der Waals surface area contributed by atoms with E-state index in [9.17, 15) is 35.1 Å². The molecule has 4 aromatic heterocycles. The van der Waals surface area contributed by atoms with Crippen LogP contribution >= 0.6 is 31.9 Å². The number of hydrogen-bond donors (Lipinski definition) is 1. The highest BCUT2D eigenvalue weighted by Gasteiger charge is 2.62. The molecule has 1 aliphatic carbocycles. The zero-order chi connectivity index (χ0) is 59.1. The smallest absolute Gasteiger partial charge is 0.325 e. The molecule has 0 bridgehead atoms. The Morgan fingerprint density at radius 1 is 0.588 bits per heavy atom. The first-order valence-corrected chi connectivity index (χ1v) is 28.5. The Labute approximate surface area is 494 Å². The maximum Gasteiger partial charge on any atom is 0.405 e. The number of hydrazone groups is 1. The van der Waals surface area contributed by atoms with Gasteiger partial charge in [0.1, 0.15) is 70.4 Å². The Morgan fingerprint density at radius 2 is 1.07 bits per heavy atom. The number of amidine groups is 2. The molecule has 2 N–H and O–H groups in total. The molecule has 0 unspecified atom stereocenters. The second kappa shape index (κ2) is 21.8. The third-order valence-electron chi connectivity index (χ3n) is 15.7. The predicted octanol–water partition coefficient (Wildman–Crippen LogP) is 13.5. The summed E-state index contributed by atoms with van der Waals surface area (Å²) in [5, 5.41) is 19.6. The van der Waals surface area contributed by atoms with Gasteiger partial charge < -0.3 is 20.5 Å². The van der Waals surface area contributed by atoms with Gasteiger partial charge in [0.25, 0.3) is 11.6 Å². The summed E-state index contributed by atoms with van der Waals surface area (Å²) in [4.78, 5) is 19.2. The molecule has 0 atom stereocenters. The van der Waals surface area contributed by atoms with Crippen LogP contribution in [0.4, 0.5) is 68.2 Å². The molecular formula is C60H43Br2F9N14. The van der Waals surface area contributed by atoms with Gasteiger partial charge in [0, 0.05) is 75.8 Å². The van der Waals surface area contributed by atoms with Crippen LogP contribution in [0.15, 0.2) is 123 Å². The van der Waals surface area contributed by atoms with Crippen molar-refractivity contribution in [2.45, 2.75) is 64.0 Å². The summed E-state index contributed by atoms with van der Waals surface area (Å²) in [6, 6.07) is 23.4. The van der Waals surface area contributed by atoms with Gasteiger partial charge in [-0.1, -0.05) is 61.9 Å². The lowest BCUT2D eigenvalue weighted by Crippen LogP contribution is -2.40. The van der Waals surface area contributed by atoms with Crippen molar-refractivity contribution in [1.82, 2.24) is 39.2 Å². The topological polar surface area (TPSA) is 147 Å². The Kier molecular flexibility index (Phi) is 14.2. The normalized spacial score (nSPS) is 16.4. The van der Waals surface area contributed by atoms with Crippen molar-refractivity contribution in [3.8, 4) is 11.8 Å². The van der Waals surface area contributed by atoms with Crippen LogP contribution in [0.3, 0.4) is 0 Å². The molecule has 0 spiro atoms. The van der Waals surface area contributed by atoms with Gasteiger partial charge in [-0.05, 0) is 128 Å². The maximum absolute atomic E-state index is 15.0. The number of halogens is 11. The molecule has 85 heavy (non-hydrogen) atoms. The van der Waals surface area contributed by atoms with Crippen LogP contribution < -0.4 is 20.5 Å². The van der Waals surface area contributed by atoms with Crippen molar-refractivity contribution >= 4 is 106 Å². The van der Waals surface area contributed by atoms with Crippen LogP contribution in [0.1, 0.15) is 65.5 Å². The number of aromatic nitrogens is 8. The van der Waals surface area contributed by atoms with E-state index >= 15 is 4.39 Å². The zero-order valence-electron chi connectivity index (χ0n) is 44.3. The van der Waals surface area contributed by atoms with Gasteiger partial charge in [0.15, 0.2) is 5.84 Å². The van der Waals surface area contributed by atoms with Gasteiger partial charge in [0.05, 0.1) is 27.4 Å². The van der Waals surface area contributed by atoms with Crippen LogP contribution in [0.2, 0.25) is 0 Å². The molecule has 25 heteroatoms. The number of nitrogens with zero attached hydrogens (tertiary/aromatic N) is 13. The maximum atomic E-state index is 15.0. The van der Waals surface area contributed by atoms with E-state index in [0.29, 0.717) is 83.6 Å². The second-order valence-corrected chi connectivity index (χ2v) is 22.6. The first kappa shape index (κ1) is 55.6. The van der Waals surface area contributed by atoms with Crippen molar-refractivity contribution in [3.05, 3.63) is 181 Å². The highest BCUT2D eigenvalue weighted by atomic mass is 79.9. The minimum Gasteiger partial charge on any atom is -0.325 e. The van der Waals surface area contributed by atoms with Crippen LogP contribution in [0.5, 0.6) is 0 Å². The Balaban J connectivity index is 0.000000121. The number of benzene rings is 6. The van der Waals surface area contributed by atoms with Crippen molar-refractivity contribution in [2.24, 2.45) is 21.4 Å². The fourth-order valence-electron chi connectivity index (χ4n) is 11.6. The Hall–Kier alpha value is -8.63. The molecule has 15 rings (SSSR count). The Bertz CT molecular complexity index is 4510. The van der Waals surface area contributed by atoms with E-state index in [0.717, 1.165) is 80.9 Å². The zero-order valence-corrected chi connectivity index (χ0v) is 47.5. The summed E-state index contributed by atoms with van der Waals surface area (Å²) in [7, 11) is 0. The SMILES string of the molecule is Fc1cc(F)c2c(N3CCCc4c(Br)cccc43)nc3nncn3c2c1.Fc1cc(F)c2c(N3CCCc4c(C#CC5(C(F)(F)F)CC5)cccc43)nc3nncn3c2c1.N/N=C1\Cc2cc(F)cc(F)c2C(N2CCCc3c(Br)cccc32)=N1. The minimum atomic E-state index is -4.36. The van der Waals surface area contributed by atoms with Gasteiger partial charge >= 0.3 is 6.18 Å². The highest BCUT2D eigenvalue weighted by molar-refractivity contribution is 9.10. The fourth-order valence-corrected chi connectivity index (χ4v) is 12.7. The lowest BCUT2D eigenvalue weighted by atomic mass is 9.95. The van der Waals surface area contributed by atoms with E-state index in [-0.39, 0.29) is 47.1 Å². The quantitative estimate of drug-likeness (QED) is 0.0768. The van der Waals surface area contributed by atoms with Crippen LogP contribution in [-0.4, -0.2) is 76.6 Å². The number of anilines is 5. The molecular weight excluding hydrogens is 1250 g/mol. The summed E-state index contributed by atoms with van der Waals surface area (Å²) in [5.74, 6) is 8.53. The molecule has 6 aromatic carbocycles. The number of fused-ring (bicyclic) bond motifs is 10. The molecule has 5 aliphatic rings. The van der Waals surface area contributed by atoms with Gasteiger partial charge in [0.2, 0.25) is 0 Å². The monoisotopic (exact) mass is 1290 g/mol. The number of nitrogens with two attached hydrogens (primary N) is 1. The summed E-state index contributed by atoms with van der Waals surface area (Å²) in [6.07, 6.45) is 3.54. The fraction of sp³-hybridized carbons (Fsp3) is 0.233. The second-order valence-electron chi connectivity index (χ2n) is 20.9. The van der Waals surface area contributed by atoms with E-state index in [4.69, 9.17) is 5.84 Å². The van der Waals surface area contributed by atoms with Crippen LogP contribution in [0.25, 0.3) is 33.4 Å². The van der Waals surface area contributed by atoms with Gasteiger partial charge in [-0.2, -0.15) is 28.2 Å². The minimum absolute atomic E-state index is 0.00869. The number of hydrogen-bond acceptors (Lipinski definition) is 11. The number of alkyl halides is 3. The van der Waals surface area contributed by atoms with E-state index in [2.05, 4.69) is 84.2 Å². The average Bonchev–Trinajstić information content (AvgIpc) is 1.99. The first-order valence-electron chi connectivity index (χ1n) is 26.9. The molecule has 0 radical (unpaired) electrons. The van der Waals surface area contributed by atoms with Crippen molar-refractivity contribution < 1.29 is 39.5 Å². The number of rotatable bonds is 2. The lowest BCUT2D eigenvalue weighted by Gasteiger charge is -2.34. The standard InChI is InChI=1S/C24H16F5N5.C18H12BrF2N5.C18H15BrF2N4/c25-15-11-17(26)20-19(12-15)34-13-30-32-22(34)31-21(20)33-10-2-4-16-14(3-1-5-18(16)33)6-7-23(8-9-23)24(27,28)29;19-12-4-1-5-14-11(12)3-2-6-25(14)17-16-13(21)7-10(20)8-15(16)26-9-22-24-18(26)23-17;19-13-4-1-5-15-12(13)3-2-6-25(15)18-17-10(8-16(23-18)24-22)7-11(20)9-14(17)21/h1,3,5,11-13H,2,4,8-10H2;1,4-5,7-9H,2-3,6H2;1,4-5,7,9H,2-3,6,8,22H2/b;;24-16+. The molecule has 0 amide bonds. The molecule has 430 valence electrons. The van der Waals surface area contributed by atoms with Gasteiger partial charge in [-0.25, -0.2) is 31.3 Å². The highest BCUT2D eigenvalue weighted by Crippen LogP contribution is 2.57. The van der Waals surface area contributed by atoms with Crippen LogP contribution in [-0.2, 0) is 25.7 Å². The van der Waals surface area contributed by atoms with Crippen molar-refractivity contribution in [1.29, 1.82) is 0 Å². The molecule has 14 nitrogen and oxygen atoms in total. The first-order chi connectivity index (χ1) is 41.0. The third kappa shape index (κ3) is 10.0. The Morgan fingerprint density at radius 3 is 1.60 bits per heavy atom. The van der Waals surface area contributed by atoms with E-state index < -0.39 is 46.5 Å². The summed E-state index contributed by atoms with van der Waals surface area (Å²) < 4.78 is 131. The molecule has 1 saturated carbocycles. The average molecular weight is 1290 g/mol. The summed E-state index contributed by atoms with van der Waals surface area (Å²) >= 11 is 7.17. The van der Waals surface area contributed by atoms with E-state index in [1.807, 2.05) is 46.2 Å². The van der Waals surface area contributed by atoms with Gasteiger partial charge in [-0.15, -0.1) is 20.4 Å². The van der Waals surface area contributed by atoms with E-state index in [1.165, 1.54) is 39.7 Å². The van der Waals surface area contributed by atoms with Crippen molar-refractivity contribution in [2.75, 3.05) is 34.3 Å².